The van der Waals surface area contributed by atoms with E-state index in [1.54, 1.807) is 12.1 Å². The lowest BCUT2D eigenvalue weighted by Crippen LogP contribution is -2.39. The van der Waals surface area contributed by atoms with Gasteiger partial charge in [0.15, 0.2) is 0 Å². The zero-order valence-electron chi connectivity index (χ0n) is 25.1. The van der Waals surface area contributed by atoms with Crippen molar-refractivity contribution in [3.05, 3.63) is 77.8 Å². The number of H-pyrrole nitrogens is 2. The summed E-state index contributed by atoms with van der Waals surface area (Å²) in [6.07, 6.45) is 1.29. The standard InChI is InChI=1S/C32H36N6O4/c1-37(2,3)17-9-15-35-29(39)19-13-14-20-24-23(19)25(31(35)41)27-28(34-22-12-8-7-11-21(22)33-27)26(24)32(42)36(30(20)40)16-10-18-38(4,5)6/h7-8,11-14H,9-10,15-18H2,1-6H3/p+2. The highest BCUT2D eigenvalue weighted by atomic mass is 16.2. The van der Waals surface area contributed by atoms with E-state index in [9.17, 15) is 19.2 Å². The second-order valence-electron chi connectivity index (χ2n) is 13.5. The molecule has 0 spiro atoms. The molecule has 0 aliphatic rings. The summed E-state index contributed by atoms with van der Waals surface area (Å²) in [6.45, 7) is 2.12. The van der Waals surface area contributed by atoms with E-state index >= 15 is 0 Å². The summed E-state index contributed by atoms with van der Waals surface area (Å²) >= 11 is 0. The summed E-state index contributed by atoms with van der Waals surface area (Å²) in [7, 11) is 12.4. The van der Waals surface area contributed by atoms with Gasteiger partial charge in [0.05, 0.1) is 88.2 Å². The molecular weight excluding hydrogens is 532 g/mol. The molecule has 10 nitrogen and oxygen atoms in total. The Morgan fingerprint density at radius 3 is 1.29 bits per heavy atom. The Hall–Kier alpha value is -4.28. The van der Waals surface area contributed by atoms with Crippen LogP contribution in [0.15, 0.2) is 55.6 Å². The van der Waals surface area contributed by atoms with Gasteiger partial charge in [-0.25, -0.2) is 0 Å². The Morgan fingerprint density at radius 2 is 0.929 bits per heavy atom. The van der Waals surface area contributed by atoms with E-state index in [0.29, 0.717) is 65.2 Å². The fourth-order valence-electron chi connectivity index (χ4n) is 6.18. The number of benzene rings is 3. The number of para-hydroxylation sites is 2. The highest BCUT2D eigenvalue weighted by Gasteiger charge is 2.25. The van der Waals surface area contributed by atoms with Gasteiger partial charge in [0.2, 0.25) is 0 Å². The van der Waals surface area contributed by atoms with E-state index in [0.717, 1.165) is 24.1 Å². The van der Waals surface area contributed by atoms with Crippen molar-refractivity contribution in [2.45, 2.75) is 25.9 Å². The van der Waals surface area contributed by atoms with Gasteiger partial charge in [0.25, 0.3) is 22.2 Å². The predicted molar refractivity (Wildman–Crippen MR) is 170 cm³/mol. The first-order chi connectivity index (χ1) is 19.8. The molecule has 0 amide bonds. The molecule has 0 saturated carbocycles. The molecule has 3 aromatic carbocycles. The molecule has 6 aromatic rings. The maximum absolute atomic E-state index is 14.2. The van der Waals surface area contributed by atoms with Crippen LogP contribution in [0.2, 0.25) is 0 Å². The van der Waals surface area contributed by atoms with Gasteiger partial charge in [-0.2, -0.15) is 0 Å². The zero-order valence-corrected chi connectivity index (χ0v) is 25.1. The van der Waals surface area contributed by atoms with Crippen LogP contribution < -0.4 is 22.2 Å². The average Bonchev–Trinajstić information content (AvgIpc) is 2.91. The number of nitrogens with one attached hydrogen (secondary N) is 2. The van der Waals surface area contributed by atoms with Crippen molar-refractivity contribution in [3.8, 4) is 0 Å². The van der Waals surface area contributed by atoms with Crippen LogP contribution in [0.5, 0.6) is 0 Å². The maximum Gasteiger partial charge on any atom is 0.263 e. The lowest BCUT2D eigenvalue weighted by molar-refractivity contribution is -0.870. The van der Waals surface area contributed by atoms with Crippen LogP contribution in [-0.2, 0) is 13.1 Å². The van der Waals surface area contributed by atoms with Gasteiger partial charge in [-0.3, -0.25) is 28.3 Å². The molecule has 0 fully saturated rings. The van der Waals surface area contributed by atoms with Crippen LogP contribution in [0.1, 0.15) is 12.8 Å². The fourth-order valence-corrected chi connectivity index (χ4v) is 6.18. The number of aromatic amines is 2. The number of pyridine rings is 2. The Morgan fingerprint density at radius 1 is 0.548 bits per heavy atom. The molecule has 2 N–H and O–H groups in total. The maximum atomic E-state index is 14.2. The first-order valence-electron chi connectivity index (χ1n) is 14.4. The van der Waals surface area contributed by atoms with Crippen LogP contribution in [0, 0.1) is 0 Å². The molecule has 0 aliphatic carbocycles. The smallest absolute Gasteiger partial charge is 0.263 e. The number of nitrogens with zero attached hydrogens (tertiary/aromatic N) is 4. The van der Waals surface area contributed by atoms with Crippen LogP contribution in [0.4, 0.5) is 0 Å². The third kappa shape index (κ3) is 4.51. The van der Waals surface area contributed by atoms with Gasteiger partial charge in [-0.15, -0.1) is 0 Å². The van der Waals surface area contributed by atoms with E-state index in [1.807, 2.05) is 24.3 Å². The molecule has 0 radical (unpaired) electrons. The Kier molecular flexibility index (Phi) is 6.40. The van der Waals surface area contributed by atoms with Gasteiger partial charge in [-0.1, -0.05) is 12.1 Å². The molecule has 42 heavy (non-hydrogen) atoms. The molecule has 0 saturated heterocycles. The van der Waals surface area contributed by atoms with Crippen molar-refractivity contribution >= 4 is 54.4 Å². The predicted octanol–water partition coefficient (Wildman–Crippen LogP) is 2.78. The van der Waals surface area contributed by atoms with Gasteiger partial charge in [-0.05, 0) is 24.3 Å². The average molecular weight is 571 g/mol. The van der Waals surface area contributed by atoms with E-state index in [4.69, 9.17) is 0 Å². The SMILES string of the molecule is C[N+](C)(C)CCCn1c(=O)c2ccc3c(=O)n(CCC[N+](C)(C)C)c(=O)c4c5[nH]c6ccccc6[nH]c5c(c1=O)c2c34. The summed E-state index contributed by atoms with van der Waals surface area (Å²) in [5.41, 5.74) is 0.773. The molecule has 0 bridgehead atoms. The Balaban J connectivity index is 1.76. The summed E-state index contributed by atoms with van der Waals surface area (Å²) in [6, 6.07) is 10.8. The highest BCUT2D eigenvalue weighted by molar-refractivity contribution is 6.32. The molecule has 0 aliphatic heterocycles. The monoisotopic (exact) mass is 570 g/mol. The van der Waals surface area contributed by atoms with Crippen molar-refractivity contribution in [2.75, 3.05) is 55.4 Å². The van der Waals surface area contributed by atoms with Crippen molar-refractivity contribution in [1.82, 2.24) is 19.1 Å². The lowest BCUT2D eigenvalue weighted by atomic mass is 9.94. The number of hydrogen-bond acceptors (Lipinski definition) is 4. The van der Waals surface area contributed by atoms with Crippen LogP contribution in [0.25, 0.3) is 54.4 Å². The lowest BCUT2D eigenvalue weighted by Gasteiger charge is -2.24. The molecule has 3 aromatic heterocycles. The highest BCUT2D eigenvalue weighted by Crippen LogP contribution is 2.35. The van der Waals surface area contributed by atoms with E-state index in [-0.39, 0.29) is 13.1 Å². The van der Waals surface area contributed by atoms with E-state index in [1.165, 1.54) is 9.13 Å². The second kappa shape index (κ2) is 9.64. The Bertz CT molecular complexity index is 2100. The minimum Gasteiger partial charge on any atom is -0.351 e. The first-order valence-corrected chi connectivity index (χ1v) is 14.4. The van der Waals surface area contributed by atoms with Crippen LogP contribution in [0.3, 0.4) is 0 Å². The molecule has 0 atom stereocenters. The van der Waals surface area contributed by atoms with Crippen molar-refractivity contribution in [3.63, 3.8) is 0 Å². The molecule has 3 heterocycles. The van der Waals surface area contributed by atoms with E-state index < -0.39 is 22.2 Å². The summed E-state index contributed by atoms with van der Waals surface area (Å²) in [4.78, 5) is 62.8. The normalized spacial score (nSPS) is 13.0. The van der Waals surface area contributed by atoms with Gasteiger partial charge >= 0.3 is 0 Å². The molecular formula is C32H38N6O4+2. The molecule has 0 unspecified atom stereocenters. The molecule has 10 heteroatoms. The van der Waals surface area contributed by atoms with Gasteiger partial charge < -0.3 is 18.9 Å². The topological polar surface area (TPSA) is 110 Å². The van der Waals surface area contributed by atoms with Crippen LogP contribution >= 0.6 is 0 Å². The first kappa shape index (κ1) is 27.9. The number of quaternary nitrogens is 2. The van der Waals surface area contributed by atoms with E-state index in [2.05, 4.69) is 52.3 Å². The largest absolute Gasteiger partial charge is 0.351 e. The number of hydrogen-bond donors (Lipinski definition) is 2. The fraction of sp³-hybridized carbons (Fsp3) is 0.375. The number of aromatic nitrogens is 4. The third-order valence-electron chi connectivity index (χ3n) is 8.19. The van der Waals surface area contributed by atoms with Gasteiger partial charge in [0, 0.05) is 47.5 Å². The van der Waals surface area contributed by atoms with Crippen molar-refractivity contribution < 1.29 is 8.97 Å². The second-order valence-corrected chi connectivity index (χ2v) is 13.5. The van der Waals surface area contributed by atoms with Gasteiger partial charge in [0.1, 0.15) is 0 Å². The third-order valence-corrected chi connectivity index (χ3v) is 8.19. The van der Waals surface area contributed by atoms with Crippen molar-refractivity contribution in [1.29, 1.82) is 0 Å². The minimum absolute atomic E-state index is 0.272. The minimum atomic E-state index is -0.423. The number of rotatable bonds is 8. The zero-order chi connectivity index (χ0) is 30.1. The Labute approximate surface area is 241 Å². The molecule has 6 rings (SSSR count). The summed E-state index contributed by atoms with van der Waals surface area (Å²) in [5.74, 6) is 0. The quantitative estimate of drug-likeness (QED) is 0.167. The number of fused-ring (bicyclic) bond motifs is 4. The molecule has 218 valence electrons. The van der Waals surface area contributed by atoms with Crippen LogP contribution in [-0.4, -0.2) is 83.4 Å². The summed E-state index contributed by atoms with van der Waals surface area (Å²) in [5, 5.41) is 2.04. The summed E-state index contributed by atoms with van der Waals surface area (Å²) < 4.78 is 4.03. The van der Waals surface area contributed by atoms with Crippen molar-refractivity contribution in [2.24, 2.45) is 0 Å².